The van der Waals surface area contributed by atoms with Crippen molar-refractivity contribution in [3.8, 4) is 0 Å². The van der Waals surface area contributed by atoms with Crippen molar-refractivity contribution in [2.24, 2.45) is 34.2 Å². The number of carbonyl (C=O) groups is 1. The van der Waals surface area contributed by atoms with Crippen molar-refractivity contribution < 1.29 is 4.79 Å². The highest BCUT2D eigenvalue weighted by molar-refractivity contribution is 5.78. The van der Waals surface area contributed by atoms with Gasteiger partial charge < -0.3 is 16.4 Å². The van der Waals surface area contributed by atoms with Gasteiger partial charge in [-0.3, -0.25) is 9.79 Å². The molecule has 20 heavy (non-hydrogen) atoms. The number of hydrogen-bond donors (Lipinski definition) is 2. The number of piperidine rings is 1. The van der Waals surface area contributed by atoms with Crippen LogP contribution in [0.1, 0.15) is 45.4 Å². The Bertz CT molecular complexity index is 361. The molecule has 1 aliphatic heterocycles. The molecule has 0 aromatic rings. The van der Waals surface area contributed by atoms with Crippen LogP contribution in [0.15, 0.2) is 4.99 Å². The van der Waals surface area contributed by atoms with Crippen LogP contribution in [-0.4, -0.2) is 36.4 Å². The lowest BCUT2D eigenvalue weighted by Crippen LogP contribution is -2.43. The number of nitrogens with two attached hydrogens (primary N) is 2. The molecule has 5 nitrogen and oxygen atoms in total. The zero-order valence-corrected chi connectivity index (χ0v) is 12.6. The fourth-order valence-corrected chi connectivity index (χ4v) is 3.35. The summed E-state index contributed by atoms with van der Waals surface area (Å²) < 4.78 is 0. The summed E-state index contributed by atoms with van der Waals surface area (Å²) in [5.74, 6) is 1.91. The van der Waals surface area contributed by atoms with E-state index in [1.54, 1.807) is 0 Å². The molecule has 1 amide bonds. The van der Waals surface area contributed by atoms with Crippen LogP contribution < -0.4 is 11.5 Å². The van der Waals surface area contributed by atoms with Gasteiger partial charge in [-0.15, -0.1) is 0 Å². The van der Waals surface area contributed by atoms with Gasteiger partial charge in [-0.25, -0.2) is 0 Å². The van der Waals surface area contributed by atoms with E-state index in [4.69, 9.17) is 11.5 Å². The smallest absolute Gasteiger partial charge is 0.220 e. The van der Waals surface area contributed by atoms with Crippen molar-refractivity contribution in [1.82, 2.24) is 4.90 Å². The van der Waals surface area contributed by atoms with Gasteiger partial charge in [-0.05, 0) is 50.4 Å². The standard InChI is InChI=1S/C15H28N4O/c1-11-3-2-8-19(10-11)15(17)18-9-12-4-6-13(7-5-12)14(16)20/h11-13H,2-10H2,1H3,(H2,16,20)(H2,17,18). The largest absolute Gasteiger partial charge is 0.370 e. The van der Waals surface area contributed by atoms with Gasteiger partial charge >= 0.3 is 0 Å². The second kappa shape index (κ2) is 6.95. The van der Waals surface area contributed by atoms with Crippen molar-refractivity contribution in [3.63, 3.8) is 0 Å². The third kappa shape index (κ3) is 4.12. The van der Waals surface area contributed by atoms with Crippen LogP contribution in [0.3, 0.4) is 0 Å². The van der Waals surface area contributed by atoms with E-state index in [9.17, 15) is 4.79 Å². The molecule has 1 heterocycles. The molecule has 0 aromatic carbocycles. The summed E-state index contributed by atoms with van der Waals surface area (Å²) in [5.41, 5.74) is 11.5. The molecule has 0 radical (unpaired) electrons. The van der Waals surface area contributed by atoms with Crippen molar-refractivity contribution in [2.75, 3.05) is 19.6 Å². The van der Waals surface area contributed by atoms with Crippen LogP contribution in [0.4, 0.5) is 0 Å². The Kier molecular flexibility index (Phi) is 5.26. The van der Waals surface area contributed by atoms with Crippen molar-refractivity contribution >= 4 is 11.9 Å². The molecule has 2 rings (SSSR count). The zero-order valence-electron chi connectivity index (χ0n) is 12.6. The summed E-state index contributed by atoms with van der Waals surface area (Å²) in [6.45, 7) is 5.13. The maximum Gasteiger partial charge on any atom is 0.220 e. The minimum atomic E-state index is -0.145. The number of rotatable bonds is 3. The van der Waals surface area contributed by atoms with Crippen LogP contribution in [0, 0.1) is 17.8 Å². The maximum absolute atomic E-state index is 11.1. The first-order chi connectivity index (χ1) is 9.56. The Labute approximate surface area is 121 Å². The molecule has 1 unspecified atom stereocenters. The lowest BCUT2D eigenvalue weighted by molar-refractivity contribution is -0.122. The minimum absolute atomic E-state index is 0.0792. The molecule has 0 spiro atoms. The molecule has 1 saturated heterocycles. The van der Waals surface area contributed by atoms with E-state index in [1.165, 1.54) is 12.8 Å². The van der Waals surface area contributed by atoms with Gasteiger partial charge in [-0.1, -0.05) is 6.92 Å². The van der Waals surface area contributed by atoms with E-state index in [0.29, 0.717) is 17.8 Å². The van der Waals surface area contributed by atoms with E-state index >= 15 is 0 Å². The van der Waals surface area contributed by atoms with E-state index in [2.05, 4.69) is 16.8 Å². The Hall–Kier alpha value is -1.26. The molecular formula is C15H28N4O. The first-order valence-electron chi connectivity index (χ1n) is 7.90. The predicted molar refractivity (Wildman–Crippen MR) is 81.1 cm³/mol. The summed E-state index contributed by atoms with van der Waals surface area (Å²) in [4.78, 5) is 17.9. The van der Waals surface area contributed by atoms with Gasteiger partial charge in [-0.2, -0.15) is 0 Å². The minimum Gasteiger partial charge on any atom is -0.370 e. The number of amides is 1. The summed E-state index contributed by atoms with van der Waals surface area (Å²) in [6.07, 6.45) is 6.41. The maximum atomic E-state index is 11.1. The normalized spacial score (nSPS) is 32.1. The fourth-order valence-electron chi connectivity index (χ4n) is 3.35. The Morgan fingerprint density at radius 3 is 2.50 bits per heavy atom. The molecule has 0 bridgehead atoms. The average Bonchev–Trinajstić information content (AvgIpc) is 2.45. The second-order valence-corrected chi connectivity index (χ2v) is 6.51. The highest BCUT2D eigenvalue weighted by atomic mass is 16.1. The quantitative estimate of drug-likeness (QED) is 0.604. The Morgan fingerprint density at radius 2 is 1.90 bits per heavy atom. The Morgan fingerprint density at radius 1 is 1.20 bits per heavy atom. The number of likely N-dealkylation sites (tertiary alicyclic amines) is 1. The lowest BCUT2D eigenvalue weighted by Gasteiger charge is -2.32. The Balaban J connectivity index is 1.76. The molecule has 2 aliphatic rings. The molecule has 1 saturated carbocycles. The van der Waals surface area contributed by atoms with Crippen LogP contribution in [0.25, 0.3) is 0 Å². The van der Waals surface area contributed by atoms with Crippen LogP contribution in [-0.2, 0) is 4.79 Å². The topological polar surface area (TPSA) is 84.7 Å². The molecular weight excluding hydrogens is 252 g/mol. The molecule has 114 valence electrons. The van der Waals surface area contributed by atoms with E-state index in [-0.39, 0.29) is 11.8 Å². The second-order valence-electron chi connectivity index (χ2n) is 6.51. The van der Waals surface area contributed by atoms with Gasteiger partial charge in [0.25, 0.3) is 0 Å². The first kappa shape index (κ1) is 15.1. The highest BCUT2D eigenvalue weighted by Gasteiger charge is 2.24. The number of guanidine groups is 1. The summed E-state index contributed by atoms with van der Waals surface area (Å²) in [6, 6.07) is 0. The number of aliphatic imine (C=N–C) groups is 1. The van der Waals surface area contributed by atoms with Crippen LogP contribution in [0.2, 0.25) is 0 Å². The zero-order chi connectivity index (χ0) is 14.5. The molecule has 5 heteroatoms. The third-order valence-electron chi connectivity index (χ3n) is 4.74. The first-order valence-corrected chi connectivity index (χ1v) is 7.90. The van der Waals surface area contributed by atoms with E-state index < -0.39 is 0 Å². The van der Waals surface area contributed by atoms with Crippen molar-refractivity contribution in [2.45, 2.75) is 45.4 Å². The van der Waals surface area contributed by atoms with Gasteiger partial charge in [0.15, 0.2) is 5.96 Å². The number of nitrogens with zero attached hydrogens (tertiary/aromatic N) is 2. The fraction of sp³-hybridized carbons (Fsp3) is 0.867. The van der Waals surface area contributed by atoms with E-state index in [1.807, 2.05) is 0 Å². The number of hydrogen-bond acceptors (Lipinski definition) is 2. The van der Waals surface area contributed by atoms with E-state index in [0.717, 1.165) is 45.3 Å². The highest BCUT2D eigenvalue weighted by Crippen LogP contribution is 2.28. The average molecular weight is 280 g/mol. The van der Waals surface area contributed by atoms with Crippen molar-refractivity contribution in [3.05, 3.63) is 0 Å². The third-order valence-corrected chi connectivity index (χ3v) is 4.74. The number of primary amides is 1. The molecule has 4 N–H and O–H groups in total. The summed E-state index contributed by atoms with van der Waals surface area (Å²) in [5, 5.41) is 0. The van der Waals surface area contributed by atoms with Gasteiger partial charge in [0.05, 0.1) is 0 Å². The number of carbonyl (C=O) groups excluding carboxylic acids is 1. The molecule has 1 atom stereocenters. The monoisotopic (exact) mass is 280 g/mol. The summed E-state index contributed by atoms with van der Waals surface area (Å²) in [7, 11) is 0. The predicted octanol–water partition coefficient (Wildman–Crippen LogP) is 1.32. The lowest BCUT2D eigenvalue weighted by atomic mass is 9.82. The van der Waals surface area contributed by atoms with Crippen LogP contribution >= 0.6 is 0 Å². The molecule has 2 fully saturated rings. The van der Waals surface area contributed by atoms with Gasteiger partial charge in [0, 0.05) is 25.6 Å². The van der Waals surface area contributed by atoms with Gasteiger partial charge in [0.2, 0.25) is 5.91 Å². The van der Waals surface area contributed by atoms with Crippen molar-refractivity contribution in [1.29, 1.82) is 0 Å². The molecule has 0 aromatic heterocycles. The SMILES string of the molecule is CC1CCCN(C(N)=NCC2CCC(C(N)=O)CC2)C1. The molecule has 1 aliphatic carbocycles. The summed E-state index contributed by atoms with van der Waals surface area (Å²) >= 11 is 0. The van der Waals surface area contributed by atoms with Gasteiger partial charge in [0.1, 0.15) is 0 Å². The van der Waals surface area contributed by atoms with Crippen LogP contribution in [0.5, 0.6) is 0 Å².